The van der Waals surface area contributed by atoms with E-state index in [1.807, 2.05) is 57.2 Å². The minimum atomic E-state index is -2.72. The van der Waals surface area contributed by atoms with E-state index >= 15 is 0 Å². The molecule has 2 aromatic carbocycles. The SMILES string of the molecule is C=CC(=O)Nc1ccc(-c2ccccc2NCCC(C)[Si](OCC)(OCC)OCC)cc1. The smallest absolute Gasteiger partial charge is 0.385 e. The first kappa shape index (κ1) is 25.8. The summed E-state index contributed by atoms with van der Waals surface area (Å²) in [4.78, 5) is 11.5. The molecule has 0 saturated carbocycles. The third-order valence-corrected chi connectivity index (χ3v) is 8.68. The molecule has 1 unspecified atom stereocenters. The van der Waals surface area contributed by atoms with E-state index in [2.05, 4.69) is 36.3 Å². The van der Waals surface area contributed by atoms with Crippen LogP contribution in [0.1, 0.15) is 34.1 Å². The summed E-state index contributed by atoms with van der Waals surface area (Å²) < 4.78 is 18.1. The normalized spacial score (nSPS) is 12.2. The number of nitrogens with one attached hydrogen (secondary N) is 2. The van der Waals surface area contributed by atoms with Crippen LogP contribution in [0.4, 0.5) is 11.4 Å². The van der Waals surface area contributed by atoms with Crippen LogP contribution in [0.15, 0.2) is 61.2 Å². The number of hydrogen-bond donors (Lipinski definition) is 2. The monoisotopic (exact) mass is 456 g/mol. The summed E-state index contributed by atoms with van der Waals surface area (Å²) in [5.41, 5.74) is 4.14. The topological polar surface area (TPSA) is 68.8 Å². The molecule has 174 valence electrons. The number of anilines is 2. The van der Waals surface area contributed by atoms with Gasteiger partial charge in [-0.25, -0.2) is 0 Å². The van der Waals surface area contributed by atoms with Crippen LogP contribution in [0.3, 0.4) is 0 Å². The van der Waals surface area contributed by atoms with E-state index in [9.17, 15) is 4.79 Å². The van der Waals surface area contributed by atoms with Crippen molar-refractivity contribution in [1.82, 2.24) is 0 Å². The summed E-state index contributed by atoms with van der Waals surface area (Å²) in [5.74, 6) is -0.222. The fraction of sp³-hybridized carbons (Fsp3) is 0.400. The van der Waals surface area contributed by atoms with Gasteiger partial charge in [-0.15, -0.1) is 0 Å². The third kappa shape index (κ3) is 7.03. The Kier molecular flexibility index (Phi) is 10.6. The lowest BCUT2D eigenvalue weighted by atomic mass is 10.0. The Morgan fingerprint density at radius 3 is 2.16 bits per heavy atom. The highest BCUT2D eigenvalue weighted by molar-refractivity contribution is 6.62. The fourth-order valence-corrected chi connectivity index (χ4v) is 6.38. The number of amides is 1. The molecule has 0 aliphatic heterocycles. The Bertz CT molecular complexity index is 840. The van der Waals surface area contributed by atoms with Crippen molar-refractivity contribution in [3.63, 3.8) is 0 Å². The average Bonchev–Trinajstić information content (AvgIpc) is 2.80. The van der Waals surface area contributed by atoms with Gasteiger partial charge in [0.2, 0.25) is 5.91 Å². The Balaban J connectivity index is 2.08. The first-order valence-corrected chi connectivity index (χ1v) is 13.1. The van der Waals surface area contributed by atoms with Gasteiger partial charge < -0.3 is 23.9 Å². The molecule has 6 nitrogen and oxygen atoms in total. The lowest BCUT2D eigenvalue weighted by Gasteiger charge is -2.33. The van der Waals surface area contributed by atoms with E-state index in [-0.39, 0.29) is 11.4 Å². The highest BCUT2D eigenvalue weighted by atomic mass is 28.4. The Labute approximate surface area is 193 Å². The molecule has 1 amide bonds. The van der Waals surface area contributed by atoms with Crippen LogP contribution in [0.5, 0.6) is 0 Å². The molecular weight excluding hydrogens is 420 g/mol. The van der Waals surface area contributed by atoms with E-state index < -0.39 is 8.80 Å². The van der Waals surface area contributed by atoms with Gasteiger partial charge in [-0.1, -0.05) is 43.8 Å². The summed E-state index contributed by atoms with van der Waals surface area (Å²) >= 11 is 0. The number of carbonyl (C=O) groups is 1. The maximum atomic E-state index is 11.5. The van der Waals surface area contributed by atoms with Crippen LogP contribution < -0.4 is 10.6 Å². The highest BCUT2D eigenvalue weighted by Gasteiger charge is 2.46. The van der Waals surface area contributed by atoms with Gasteiger partial charge in [0.15, 0.2) is 0 Å². The number of carbonyl (C=O) groups excluding carboxylic acids is 1. The number of rotatable bonds is 14. The molecule has 2 N–H and O–H groups in total. The van der Waals surface area contributed by atoms with Gasteiger partial charge in [-0.3, -0.25) is 4.79 Å². The van der Waals surface area contributed by atoms with E-state index in [1.165, 1.54) is 6.08 Å². The molecular formula is C25H36N2O4Si. The minimum absolute atomic E-state index is 0.176. The fourth-order valence-electron chi connectivity index (χ4n) is 3.57. The molecule has 2 rings (SSSR count). The minimum Gasteiger partial charge on any atom is -0.385 e. The molecule has 7 heteroatoms. The first-order chi connectivity index (χ1) is 15.5. The van der Waals surface area contributed by atoms with Crippen LogP contribution in [-0.4, -0.2) is 41.1 Å². The van der Waals surface area contributed by atoms with E-state index in [0.29, 0.717) is 19.8 Å². The van der Waals surface area contributed by atoms with Crippen LogP contribution >= 0.6 is 0 Å². The predicted molar refractivity (Wildman–Crippen MR) is 134 cm³/mol. The molecule has 0 heterocycles. The predicted octanol–water partition coefficient (Wildman–Crippen LogP) is 5.72. The molecule has 0 bridgehead atoms. The largest absolute Gasteiger partial charge is 0.503 e. The Morgan fingerprint density at radius 2 is 1.59 bits per heavy atom. The first-order valence-electron chi connectivity index (χ1n) is 11.3. The molecule has 0 fully saturated rings. The van der Waals surface area contributed by atoms with Crippen molar-refractivity contribution >= 4 is 26.1 Å². The standard InChI is InChI=1S/C25H36N2O4Si/c1-6-25(28)27-22-16-14-21(15-17-22)23-12-10-11-13-24(23)26-19-18-20(5)32(29-7-2,30-8-3)31-9-4/h6,10-17,20,26H,1,7-9,18-19H2,2-5H3,(H,27,28). The molecule has 0 radical (unpaired) electrons. The second-order valence-electron chi connectivity index (χ2n) is 7.34. The summed E-state index contributed by atoms with van der Waals surface area (Å²) in [6, 6.07) is 16.0. The molecule has 32 heavy (non-hydrogen) atoms. The molecule has 0 aliphatic rings. The quantitative estimate of drug-likeness (QED) is 0.281. The van der Waals surface area contributed by atoms with Crippen molar-refractivity contribution in [3.8, 4) is 11.1 Å². The summed E-state index contributed by atoms with van der Waals surface area (Å²) in [7, 11) is -2.72. The lowest BCUT2D eigenvalue weighted by molar-refractivity contribution is -0.111. The second kappa shape index (κ2) is 13.2. The molecule has 1 atom stereocenters. The van der Waals surface area contributed by atoms with Crippen molar-refractivity contribution in [1.29, 1.82) is 0 Å². The maximum absolute atomic E-state index is 11.5. The summed E-state index contributed by atoms with van der Waals surface area (Å²) in [6.45, 7) is 14.1. The zero-order valence-corrected chi connectivity index (χ0v) is 20.6. The molecule has 0 aromatic heterocycles. The van der Waals surface area contributed by atoms with Crippen LogP contribution in [-0.2, 0) is 18.1 Å². The summed E-state index contributed by atoms with van der Waals surface area (Å²) in [6.07, 6.45) is 2.13. The van der Waals surface area contributed by atoms with Crippen molar-refractivity contribution in [2.45, 2.75) is 39.7 Å². The number of benzene rings is 2. The number of hydrogen-bond acceptors (Lipinski definition) is 5. The summed E-state index contributed by atoms with van der Waals surface area (Å²) in [5, 5.41) is 6.34. The second-order valence-corrected chi connectivity index (χ2v) is 10.4. The molecule has 2 aromatic rings. The molecule has 0 saturated heterocycles. The van der Waals surface area contributed by atoms with E-state index in [4.69, 9.17) is 13.3 Å². The third-order valence-electron chi connectivity index (χ3n) is 5.11. The van der Waals surface area contributed by atoms with Crippen LogP contribution in [0, 0.1) is 0 Å². The van der Waals surface area contributed by atoms with Gasteiger partial charge in [0.05, 0.1) is 0 Å². The average molecular weight is 457 g/mol. The highest BCUT2D eigenvalue weighted by Crippen LogP contribution is 2.31. The van der Waals surface area contributed by atoms with E-state index in [0.717, 1.165) is 35.5 Å². The van der Waals surface area contributed by atoms with Crippen molar-refractivity contribution in [2.24, 2.45) is 0 Å². The zero-order chi connectivity index (χ0) is 23.4. The molecule has 0 aliphatic carbocycles. The van der Waals surface area contributed by atoms with Gasteiger partial charge in [0.25, 0.3) is 0 Å². The van der Waals surface area contributed by atoms with Gasteiger partial charge in [0, 0.05) is 48.8 Å². The molecule has 0 spiro atoms. The Hall–Kier alpha value is -2.45. The van der Waals surface area contributed by atoms with Crippen LogP contribution in [0.2, 0.25) is 5.54 Å². The van der Waals surface area contributed by atoms with Gasteiger partial charge in [0.1, 0.15) is 0 Å². The van der Waals surface area contributed by atoms with Crippen LogP contribution in [0.25, 0.3) is 11.1 Å². The zero-order valence-electron chi connectivity index (χ0n) is 19.6. The van der Waals surface area contributed by atoms with Crippen molar-refractivity contribution in [3.05, 3.63) is 61.2 Å². The number of para-hydroxylation sites is 1. The Morgan fingerprint density at radius 1 is 1.00 bits per heavy atom. The van der Waals surface area contributed by atoms with Crippen molar-refractivity contribution < 1.29 is 18.1 Å². The van der Waals surface area contributed by atoms with Gasteiger partial charge >= 0.3 is 8.80 Å². The van der Waals surface area contributed by atoms with E-state index in [1.54, 1.807) is 0 Å². The van der Waals surface area contributed by atoms with Gasteiger partial charge in [-0.05, 0) is 57.0 Å². The van der Waals surface area contributed by atoms with Gasteiger partial charge in [-0.2, -0.15) is 0 Å². The van der Waals surface area contributed by atoms with Crippen molar-refractivity contribution in [2.75, 3.05) is 37.0 Å². The lowest BCUT2D eigenvalue weighted by Crippen LogP contribution is -2.50. The maximum Gasteiger partial charge on any atom is 0.503 e.